The highest BCUT2D eigenvalue weighted by Gasteiger charge is 2.14. The molecule has 0 amide bonds. The summed E-state index contributed by atoms with van der Waals surface area (Å²) < 4.78 is 22.6. The van der Waals surface area contributed by atoms with Crippen LogP contribution in [0, 0.1) is 0 Å². The topological polar surface area (TPSA) is 47.6 Å². The van der Waals surface area contributed by atoms with Crippen molar-refractivity contribution in [1.29, 1.82) is 0 Å². The van der Waals surface area contributed by atoms with Crippen LogP contribution < -0.4 is 10.1 Å². The standard InChI is InChI=1S/C16H27NO3S/c1-4-10-20-15-8-6-14(7-9-15)16(17-5-2)13-21(18)12-11-19-3/h6-9,16-17H,4-5,10-13H2,1-3H3. The van der Waals surface area contributed by atoms with Crippen LogP contribution in [0.4, 0.5) is 0 Å². The molecule has 1 aromatic rings. The van der Waals surface area contributed by atoms with Gasteiger partial charge in [-0.1, -0.05) is 26.0 Å². The van der Waals surface area contributed by atoms with Gasteiger partial charge in [0, 0.05) is 35.5 Å². The molecule has 2 unspecified atom stereocenters. The van der Waals surface area contributed by atoms with Crippen molar-refractivity contribution >= 4 is 10.8 Å². The van der Waals surface area contributed by atoms with E-state index in [4.69, 9.17) is 9.47 Å². The lowest BCUT2D eigenvalue weighted by molar-refractivity contribution is 0.218. The summed E-state index contributed by atoms with van der Waals surface area (Å²) in [6.45, 7) is 6.27. The summed E-state index contributed by atoms with van der Waals surface area (Å²) >= 11 is 0. The first-order valence-corrected chi connectivity index (χ1v) is 9.00. The Morgan fingerprint density at radius 3 is 2.48 bits per heavy atom. The lowest BCUT2D eigenvalue weighted by Gasteiger charge is -2.18. The van der Waals surface area contributed by atoms with E-state index in [9.17, 15) is 4.21 Å². The minimum atomic E-state index is -0.881. The predicted octanol–water partition coefficient (Wildman–Crippen LogP) is 2.52. The van der Waals surface area contributed by atoms with Crippen LogP contribution in [0.2, 0.25) is 0 Å². The van der Waals surface area contributed by atoms with Crippen molar-refractivity contribution < 1.29 is 13.7 Å². The Bertz CT molecular complexity index is 408. The van der Waals surface area contributed by atoms with E-state index < -0.39 is 10.8 Å². The maximum absolute atomic E-state index is 12.0. The number of methoxy groups -OCH3 is 1. The molecule has 1 aromatic carbocycles. The number of rotatable bonds is 11. The maximum Gasteiger partial charge on any atom is 0.119 e. The highest BCUT2D eigenvalue weighted by molar-refractivity contribution is 7.85. The second-order valence-electron chi connectivity index (χ2n) is 4.83. The lowest BCUT2D eigenvalue weighted by Crippen LogP contribution is -2.27. The van der Waals surface area contributed by atoms with E-state index >= 15 is 0 Å². The van der Waals surface area contributed by atoms with Crippen LogP contribution >= 0.6 is 0 Å². The zero-order chi connectivity index (χ0) is 15.5. The Morgan fingerprint density at radius 2 is 1.90 bits per heavy atom. The molecule has 0 heterocycles. The largest absolute Gasteiger partial charge is 0.494 e. The highest BCUT2D eigenvalue weighted by Crippen LogP contribution is 2.19. The molecule has 0 fully saturated rings. The third-order valence-electron chi connectivity index (χ3n) is 3.07. The van der Waals surface area contributed by atoms with Crippen LogP contribution in [0.25, 0.3) is 0 Å². The second-order valence-corrected chi connectivity index (χ2v) is 6.45. The second kappa shape index (κ2) is 10.8. The van der Waals surface area contributed by atoms with Gasteiger partial charge in [0.15, 0.2) is 0 Å². The van der Waals surface area contributed by atoms with E-state index in [1.807, 2.05) is 24.3 Å². The van der Waals surface area contributed by atoms with E-state index in [2.05, 4.69) is 19.2 Å². The zero-order valence-corrected chi connectivity index (χ0v) is 14.1. The smallest absolute Gasteiger partial charge is 0.119 e. The van der Waals surface area contributed by atoms with E-state index in [1.54, 1.807) is 7.11 Å². The molecule has 0 aliphatic rings. The third kappa shape index (κ3) is 7.07. The first-order chi connectivity index (χ1) is 10.2. The lowest BCUT2D eigenvalue weighted by atomic mass is 10.1. The Labute approximate surface area is 130 Å². The molecule has 5 heteroatoms. The first kappa shape index (κ1) is 18.1. The fourth-order valence-electron chi connectivity index (χ4n) is 1.98. The van der Waals surface area contributed by atoms with Gasteiger partial charge in [-0.15, -0.1) is 0 Å². The Balaban J connectivity index is 2.64. The Morgan fingerprint density at radius 1 is 1.19 bits per heavy atom. The van der Waals surface area contributed by atoms with Gasteiger partial charge in [0.1, 0.15) is 5.75 Å². The molecule has 0 aliphatic heterocycles. The molecule has 0 bridgehead atoms. The van der Waals surface area contributed by atoms with E-state index in [0.29, 0.717) is 18.1 Å². The van der Waals surface area contributed by atoms with Crippen molar-refractivity contribution in [2.45, 2.75) is 26.3 Å². The predicted molar refractivity (Wildman–Crippen MR) is 88.4 cm³/mol. The summed E-state index contributed by atoms with van der Waals surface area (Å²) in [5.41, 5.74) is 1.14. The fraction of sp³-hybridized carbons (Fsp3) is 0.625. The quantitative estimate of drug-likeness (QED) is 0.682. The van der Waals surface area contributed by atoms with Crippen LogP contribution in [0.3, 0.4) is 0 Å². The summed E-state index contributed by atoms with van der Waals surface area (Å²) in [5, 5.41) is 3.39. The molecule has 0 aromatic heterocycles. The Kier molecular flexibility index (Phi) is 9.30. The molecule has 0 saturated carbocycles. The summed E-state index contributed by atoms with van der Waals surface area (Å²) in [5.74, 6) is 2.07. The molecule has 1 N–H and O–H groups in total. The number of hydrogen-bond acceptors (Lipinski definition) is 4. The molecule has 0 radical (unpaired) electrons. The van der Waals surface area contributed by atoms with Crippen molar-refractivity contribution in [3.8, 4) is 5.75 Å². The molecule has 4 nitrogen and oxygen atoms in total. The van der Waals surface area contributed by atoms with Gasteiger partial charge in [-0.3, -0.25) is 4.21 Å². The van der Waals surface area contributed by atoms with Gasteiger partial charge in [0.25, 0.3) is 0 Å². The average molecular weight is 313 g/mol. The van der Waals surface area contributed by atoms with Gasteiger partial charge < -0.3 is 14.8 Å². The van der Waals surface area contributed by atoms with Crippen molar-refractivity contribution in [2.24, 2.45) is 0 Å². The molecular weight excluding hydrogens is 286 g/mol. The summed E-state index contributed by atoms with van der Waals surface area (Å²) in [4.78, 5) is 0. The molecule has 1 rings (SSSR count). The maximum atomic E-state index is 12.0. The number of benzene rings is 1. The summed E-state index contributed by atoms with van der Waals surface area (Å²) in [6, 6.07) is 8.16. The number of hydrogen-bond donors (Lipinski definition) is 1. The van der Waals surface area contributed by atoms with Crippen LogP contribution in [0.1, 0.15) is 31.9 Å². The number of nitrogens with one attached hydrogen (secondary N) is 1. The van der Waals surface area contributed by atoms with Crippen LogP contribution in [-0.4, -0.2) is 42.6 Å². The van der Waals surface area contributed by atoms with Crippen molar-refractivity contribution in [2.75, 3.05) is 38.4 Å². The zero-order valence-electron chi connectivity index (χ0n) is 13.3. The monoisotopic (exact) mass is 313 g/mol. The SMILES string of the molecule is CCCOc1ccc(C(CS(=O)CCOC)NCC)cc1. The molecule has 0 spiro atoms. The van der Waals surface area contributed by atoms with Gasteiger partial charge >= 0.3 is 0 Å². The third-order valence-corrected chi connectivity index (χ3v) is 4.40. The van der Waals surface area contributed by atoms with Crippen LogP contribution in [0.5, 0.6) is 5.75 Å². The van der Waals surface area contributed by atoms with E-state index in [-0.39, 0.29) is 6.04 Å². The fourth-order valence-corrected chi connectivity index (χ4v) is 3.18. The van der Waals surface area contributed by atoms with Gasteiger partial charge in [-0.25, -0.2) is 0 Å². The van der Waals surface area contributed by atoms with Crippen molar-refractivity contribution in [3.63, 3.8) is 0 Å². The molecule has 2 atom stereocenters. The van der Waals surface area contributed by atoms with Gasteiger partial charge in [0.05, 0.1) is 13.2 Å². The molecule has 0 saturated heterocycles. The van der Waals surface area contributed by atoms with Crippen molar-refractivity contribution in [3.05, 3.63) is 29.8 Å². The first-order valence-electron chi connectivity index (χ1n) is 7.51. The van der Waals surface area contributed by atoms with Gasteiger partial charge in [0.2, 0.25) is 0 Å². The molecule has 0 aliphatic carbocycles. The molecular formula is C16H27NO3S. The summed E-state index contributed by atoms with van der Waals surface area (Å²) in [6.07, 6.45) is 1.00. The number of ether oxygens (including phenoxy) is 2. The average Bonchev–Trinajstić information content (AvgIpc) is 2.51. The molecule has 21 heavy (non-hydrogen) atoms. The molecule has 120 valence electrons. The van der Waals surface area contributed by atoms with E-state index in [0.717, 1.165) is 30.9 Å². The van der Waals surface area contributed by atoms with Gasteiger partial charge in [-0.05, 0) is 30.7 Å². The van der Waals surface area contributed by atoms with Crippen LogP contribution in [0.15, 0.2) is 24.3 Å². The Hall–Kier alpha value is -0.910. The normalized spacial score (nSPS) is 13.9. The minimum Gasteiger partial charge on any atom is -0.494 e. The minimum absolute atomic E-state index is 0.105. The summed E-state index contributed by atoms with van der Waals surface area (Å²) in [7, 11) is 0.752. The van der Waals surface area contributed by atoms with E-state index in [1.165, 1.54) is 0 Å². The highest BCUT2D eigenvalue weighted by atomic mass is 32.2. The van der Waals surface area contributed by atoms with Crippen LogP contribution in [-0.2, 0) is 15.5 Å². The van der Waals surface area contributed by atoms with Gasteiger partial charge in [-0.2, -0.15) is 0 Å². The van der Waals surface area contributed by atoms with Crippen molar-refractivity contribution in [1.82, 2.24) is 5.32 Å².